The second-order valence-electron chi connectivity index (χ2n) is 7.47. The molecule has 7 nitrogen and oxygen atoms in total. The molecule has 8 heteroatoms. The monoisotopic (exact) mass is 445 g/mol. The van der Waals surface area contributed by atoms with Crippen molar-refractivity contribution in [3.63, 3.8) is 0 Å². The summed E-state index contributed by atoms with van der Waals surface area (Å²) < 4.78 is 26.3. The van der Waals surface area contributed by atoms with Gasteiger partial charge in [0, 0.05) is 6.54 Å². The second kappa shape index (κ2) is 10.9. The van der Waals surface area contributed by atoms with Crippen LogP contribution in [0.25, 0.3) is 0 Å². The van der Waals surface area contributed by atoms with Crippen LogP contribution in [0.15, 0.2) is 48.5 Å². The molecule has 0 aliphatic rings. The van der Waals surface area contributed by atoms with Gasteiger partial charge in [0.05, 0.1) is 23.2 Å². The summed E-state index contributed by atoms with van der Waals surface area (Å²) in [7, 11) is -3.73. The van der Waals surface area contributed by atoms with E-state index in [0.29, 0.717) is 23.5 Å². The molecule has 2 rings (SSSR count). The van der Waals surface area contributed by atoms with Gasteiger partial charge in [-0.3, -0.25) is 13.9 Å². The Morgan fingerprint density at radius 2 is 1.77 bits per heavy atom. The maximum absolute atomic E-state index is 13.2. The molecule has 31 heavy (non-hydrogen) atoms. The number of amides is 2. The van der Waals surface area contributed by atoms with Gasteiger partial charge in [-0.05, 0) is 49.6 Å². The number of sulfonamides is 1. The van der Waals surface area contributed by atoms with E-state index in [1.165, 1.54) is 0 Å². The van der Waals surface area contributed by atoms with E-state index >= 15 is 0 Å². The molecule has 2 N–H and O–H groups in total. The van der Waals surface area contributed by atoms with E-state index in [1.807, 2.05) is 19.9 Å². The van der Waals surface area contributed by atoms with Gasteiger partial charge in [-0.1, -0.05) is 44.5 Å². The third-order valence-corrected chi connectivity index (χ3v) is 6.01. The number of rotatable bonds is 10. The topological polar surface area (TPSA) is 95.6 Å². The minimum Gasteiger partial charge on any atom is -0.352 e. The number of anilines is 2. The minimum atomic E-state index is -3.73. The maximum Gasteiger partial charge on any atom is 0.253 e. The highest BCUT2D eigenvalue weighted by atomic mass is 32.2. The zero-order valence-electron chi connectivity index (χ0n) is 18.5. The van der Waals surface area contributed by atoms with Gasteiger partial charge in [-0.15, -0.1) is 0 Å². The van der Waals surface area contributed by atoms with Crippen LogP contribution in [0.1, 0.15) is 49.0 Å². The Labute approximate surface area is 184 Å². The Morgan fingerprint density at radius 3 is 2.39 bits per heavy atom. The molecule has 0 spiro atoms. The number of aryl methyl sites for hydroxylation is 1. The normalized spacial score (nSPS) is 12.1. The van der Waals surface area contributed by atoms with Gasteiger partial charge < -0.3 is 10.6 Å². The van der Waals surface area contributed by atoms with Gasteiger partial charge >= 0.3 is 0 Å². The molecule has 0 bridgehead atoms. The number of nitrogens with one attached hydrogen (secondary N) is 2. The van der Waals surface area contributed by atoms with E-state index in [2.05, 4.69) is 10.6 Å². The van der Waals surface area contributed by atoms with Crippen LogP contribution >= 0.6 is 0 Å². The van der Waals surface area contributed by atoms with E-state index in [4.69, 9.17) is 0 Å². The van der Waals surface area contributed by atoms with E-state index in [1.54, 1.807) is 49.4 Å². The summed E-state index contributed by atoms with van der Waals surface area (Å²) in [5, 5.41) is 5.60. The molecule has 2 amide bonds. The molecule has 0 radical (unpaired) electrons. The zero-order valence-corrected chi connectivity index (χ0v) is 19.3. The van der Waals surface area contributed by atoms with E-state index in [0.717, 1.165) is 29.0 Å². The summed E-state index contributed by atoms with van der Waals surface area (Å²) in [6.07, 6.45) is 3.16. The number of benzene rings is 2. The molecule has 0 unspecified atom stereocenters. The molecule has 0 aliphatic heterocycles. The average Bonchev–Trinajstić information content (AvgIpc) is 2.71. The largest absolute Gasteiger partial charge is 0.352 e. The van der Waals surface area contributed by atoms with Crippen molar-refractivity contribution >= 4 is 33.2 Å². The molecule has 0 aromatic heterocycles. The van der Waals surface area contributed by atoms with E-state index < -0.39 is 22.0 Å². The smallest absolute Gasteiger partial charge is 0.253 e. The first kappa shape index (κ1) is 24.4. The van der Waals surface area contributed by atoms with Crippen molar-refractivity contribution in [1.29, 1.82) is 0 Å². The van der Waals surface area contributed by atoms with Crippen molar-refractivity contribution in [3.8, 4) is 0 Å². The second-order valence-corrected chi connectivity index (χ2v) is 9.33. The van der Waals surface area contributed by atoms with Crippen LogP contribution in [0.4, 0.5) is 11.4 Å². The minimum absolute atomic E-state index is 0.262. The number of carbonyl (C=O) groups is 2. The number of unbranched alkanes of at least 4 members (excludes halogenated alkanes) is 1. The lowest BCUT2D eigenvalue weighted by Gasteiger charge is -2.30. The number of nitrogens with zero attached hydrogens (tertiary/aromatic N) is 1. The highest BCUT2D eigenvalue weighted by Gasteiger charge is 2.32. The fourth-order valence-corrected chi connectivity index (χ4v) is 4.51. The molecular formula is C23H31N3O4S. The number of hydrogen-bond donors (Lipinski definition) is 2. The summed E-state index contributed by atoms with van der Waals surface area (Å²) in [5.41, 5.74) is 1.99. The number of carbonyl (C=O) groups excluding carboxylic acids is 2. The van der Waals surface area contributed by atoms with E-state index in [9.17, 15) is 18.0 Å². The lowest BCUT2D eigenvalue weighted by molar-refractivity contribution is -0.117. The fraction of sp³-hybridized carbons (Fsp3) is 0.391. The summed E-state index contributed by atoms with van der Waals surface area (Å²) in [5.74, 6) is -0.778. The number of hydrogen-bond acceptors (Lipinski definition) is 4. The van der Waals surface area contributed by atoms with Crippen molar-refractivity contribution in [2.45, 2.75) is 46.1 Å². The molecule has 2 aromatic carbocycles. The molecule has 168 valence electrons. The summed E-state index contributed by atoms with van der Waals surface area (Å²) in [4.78, 5) is 25.7. The van der Waals surface area contributed by atoms with Crippen molar-refractivity contribution in [1.82, 2.24) is 5.32 Å². The van der Waals surface area contributed by atoms with Gasteiger partial charge in [0.1, 0.15) is 6.04 Å². The highest BCUT2D eigenvalue weighted by molar-refractivity contribution is 7.92. The number of para-hydroxylation sites is 1. The Balaban J connectivity index is 2.33. The predicted molar refractivity (Wildman–Crippen MR) is 125 cm³/mol. The Bertz CT molecular complexity index is 1020. The molecule has 0 saturated carbocycles. The first-order chi connectivity index (χ1) is 14.7. The van der Waals surface area contributed by atoms with Crippen LogP contribution in [0.3, 0.4) is 0 Å². The highest BCUT2D eigenvalue weighted by Crippen LogP contribution is 2.25. The molecule has 1 atom stereocenters. The van der Waals surface area contributed by atoms with Crippen LogP contribution in [0.5, 0.6) is 0 Å². The van der Waals surface area contributed by atoms with Gasteiger partial charge in [0.2, 0.25) is 15.9 Å². The average molecular weight is 446 g/mol. The molecule has 0 fully saturated rings. The van der Waals surface area contributed by atoms with Gasteiger partial charge in [0.15, 0.2) is 0 Å². The zero-order chi connectivity index (χ0) is 23.0. The quantitative estimate of drug-likeness (QED) is 0.545. The lowest BCUT2D eigenvalue weighted by atomic mass is 10.1. The molecule has 0 saturated heterocycles. The summed E-state index contributed by atoms with van der Waals surface area (Å²) in [6, 6.07) is 12.7. The van der Waals surface area contributed by atoms with Crippen molar-refractivity contribution in [2.24, 2.45) is 0 Å². The molecular weight excluding hydrogens is 414 g/mol. The first-order valence-electron chi connectivity index (χ1n) is 10.4. The first-order valence-corrected chi connectivity index (χ1v) is 12.3. The van der Waals surface area contributed by atoms with Crippen molar-refractivity contribution in [2.75, 3.05) is 22.4 Å². The molecule has 2 aromatic rings. The predicted octanol–water partition coefficient (Wildman–Crippen LogP) is 3.71. The van der Waals surface area contributed by atoms with Crippen molar-refractivity contribution < 1.29 is 18.0 Å². The van der Waals surface area contributed by atoms with Gasteiger partial charge in [0.25, 0.3) is 5.91 Å². The maximum atomic E-state index is 13.2. The Morgan fingerprint density at radius 1 is 1.06 bits per heavy atom. The Kier molecular flexibility index (Phi) is 8.62. The lowest BCUT2D eigenvalue weighted by Crippen LogP contribution is -2.47. The summed E-state index contributed by atoms with van der Waals surface area (Å²) >= 11 is 0. The SMILES string of the molecule is CCCCNC(=O)c1ccccc1NC(=O)[C@@H](CC)N(c1cccc(C)c1)S(C)(=O)=O. The van der Waals surface area contributed by atoms with Gasteiger partial charge in [-0.25, -0.2) is 8.42 Å². The van der Waals surface area contributed by atoms with Crippen LogP contribution in [0, 0.1) is 6.92 Å². The van der Waals surface area contributed by atoms with Gasteiger partial charge in [-0.2, -0.15) is 0 Å². The third kappa shape index (κ3) is 6.55. The summed E-state index contributed by atoms with van der Waals surface area (Å²) in [6.45, 7) is 6.19. The molecule has 0 aliphatic carbocycles. The Hall–Kier alpha value is -2.87. The molecule has 0 heterocycles. The third-order valence-electron chi connectivity index (χ3n) is 4.83. The van der Waals surface area contributed by atoms with E-state index in [-0.39, 0.29) is 12.3 Å². The van der Waals surface area contributed by atoms with Crippen LogP contribution in [0.2, 0.25) is 0 Å². The van der Waals surface area contributed by atoms with Crippen LogP contribution in [-0.2, 0) is 14.8 Å². The van der Waals surface area contributed by atoms with Crippen LogP contribution < -0.4 is 14.9 Å². The standard InChI is InChI=1S/C23H31N3O4S/c1-5-7-15-24-22(27)19-13-8-9-14-20(19)25-23(28)21(6-2)26(31(4,29)30)18-12-10-11-17(3)16-18/h8-14,16,21H,5-7,15H2,1-4H3,(H,24,27)(H,25,28)/t21-/m1/s1. The van der Waals surface area contributed by atoms with Crippen LogP contribution in [-0.4, -0.2) is 39.1 Å². The fourth-order valence-electron chi connectivity index (χ4n) is 3.31. The van der Waals surface area contributed by atoms with Crippen molar-refractivity contribution in [3.05, 3.63) is 59.7 Å².